The predicted octanol–water partition coefficient (Wildman–Crippen LogP) is 2.71. The van der Waals surface area contributed by atoms with Gasteiger partial charge in [0.25, 0.3) is 0 Å². The highest BCUT2D eigenvalue weighted by atomic mass is 16.5. The average molecular weight is 287 g/mol. The first kappa shape index (κ1) is 16.0. The number of nitrogens with zero attached hydrogens (tertiary/aromatic N) is 1. The molecule has 0 fully saturated rings. The van der Waals surface area contributed by atoms with Gasteiger partial charge in [0.15, 0.2) is 0 Å². The number of aliphatic hydroxyl groups is 1. The van der Waals surface area contributed by atoms with Gasteiger partial charge in [0.2, 0.25) is 0 Å². The number of aliphatic hydroxyl groups excluding tert-OH is 1. The highest BCUT2D eigenvalue weighted by molar-refractivity contribution is 5.85. The van der Waals surface area contributed by atoms with E-state index in [2.05, 4.69) is 47.4 Å². The normalized spacial score (nSPS) is 13.0. The van der Waals surface area contributed by atoms with Gasteiger partial charge in [-0.25, -0.2) is 0 Å². The van der Waals surface area contributed by atoms with Crippen molar-refractivity contribution in [3.63, 3.8) is 0 Å². The standard InChI is InChI=1S/C18H25NO2/c1-19(13-17(20)14-21-2)12-6-10-16-9-5-8-15-7-3-4-11-18(15)16/h3-5,7-9,11,17,20H,6,10,12-14H2,1-2H3. The molecule has 1 N–H and O–H groups in total. The molecule has 114 valence electrons. The van der Waals surface area contributed by atoms with E-state index in [-0.39, 0.29) is 0 Å². The number of aryl methyl sites for hydroxylation is 1. The third-order valence-corrected chi connectivity index (χ3v) is 3.75. The number of methoxy groups -OCH3 is 1. The van der Waals surface area contributed by atoms with Crippen molar-refractivity contribution in [2.24, 2.45) is 0 Å². The Kier molecular flexibility index (Phi) is 6.18. The first-order valence-corrected chi connectivity index (χ1v) is 7.53. The third-order valence-electron chi connectivity index (χ3n) is 3.75. The summed E-state index contributed by atoms with van der Waals surface area (Å²) in [4.78, 5) is 2.16. The van der Waals surface area contributed by atoms with Crippen LogP contribution in [0, 0.1) is 0 Å². The van der Waals surface area contributed by atoms with Crippen LogP contribution in [0.15, 0.2) is 42.5 Å². The fraction of sp³-hybridized carbons (Fsp3) is 0.444. The molecule has 3 nitrogen and oxygen atoms in total. The quantitative estimate of drug-likeness (QED) is 0.810. The summed E-state index contributed by atoms with van der Waals surface area (Å²) in [6.45, 7) is 2.03. The summed E-state index contributed by atoms with van der Waals surface area (Å²) in [5, 5.41) is 12.4. The highest BCUT2D eigenvalue weighted by Crippen LogP contribution is 2.19. The maximum Gasteiger partial charge on any atom is 0.0899 e. The van der Waals surface area contributed by atoms with Crippen molar-refractivity contribution in [1.29, 1.82) is 0 Å². The van der Waals surface area contributed by atoms with Crippen LogP contribution in [0.2, 0.25) is 0 Å². The van der Waals surface area contributed by atoms with E-state index in [4.69, 9.17) is 4.74 Å². The number of benzene rings is 2. The van der Waals surface area contributed by atoms with E-state index < -0.39 is 6.10 Å². The number of hydrogen-bond acceptors (Lipinski definition) is 3. The molecule has 3 heteroatoms. The zero-order valence-corrected chi connectivity index (χ0v) is 13.0. The Morgan fingerprint density at radius 3 is 2.71 bits per heavy atom. The van der Waals surface area contributed by atoms with Crippen molar-refractivity contribution in [3.8, 4) is 0 Å². The predicted molar refractivity (Wildman–Crippen MR) is 87.6 cm³/mol. The van der Waals surface area contributed by atoms with Gasteiger partial charge in [0.1, 0.15) is 0 Å². The highest BCUT2D eigenvalue weighted by Gasteiger charge is 2.08. The molecule has 2 rings (SSSR count). The minimum Gasteiger partial charge on any atom is -0.389 e. The lowest BCUT2D eigenvalue weighted by Crippen LogP contribution is -2.32. The molecule has 0 aromatic heterocycles. The van der Waals surface area contributed by atoms with Crippen LogP contribution in [0.25, 0.3) is 10.8 Å². The lowest BCUT2D eigenvalue weighted by atomic mass is 10.0. The Hall–Kier alpha value is -1.42. The summed E-state index contributed by atoms with van der Waals surface area (Å²) in [5.41, 5.74) is 1.40. The summed E-state index contributed by atoms with van der Waals surface area (Å²) in [6.07, 6.45) is 1.74. The van der Waals surface area contributed by atoms with Crippen LogP contribution < -0.4 is 0 Å². The maximum absolute atomic E-state index is 9.71. The Bertz CT molecular complexity index is 550. The molecule has 2 aromatic carbocycles. The first-order valence-electron chi connectivity index (χ1n) is 7.53. The molecule has 0 amide bonds. The fourth-order valence-corrected chi connectivity index (χ4v) is 2.75. The van der Waals surface area contributed by atoms with E-state index >= 15 is 0 Å². The summed E-state index contributed by atoms with van der Waals surface area (Å²) in [6, 6.07) is 15.0. The number of likely N-dealkylation sites (N-methyl/N-ethyl adjacent to an activating group) is 1. The second-order valence-corrected chi connectivity index (χ2v) is 5.61. The molecule has 0 aliphatic rings. The summed E-state index contributed by atoms with van der Waals surface area (Å²) in [5.74, 6) is 0. The van der Waals surface area contributed by atoms with Crippen LogP contribution in [0.5, 0.6) is 0 Å². The van der Waals surface area contributed by atoms with Crippen molar-refractivity contribution in [1.82, 2.24) is 4.90 Å². The molecule has 2 aromatic rings. The Morgan fingerprint density at radius 1 is 1.14 bits per heavy atom. The number of ether oxygens (including phenoxy) is 1. The molecule has 21 heavy (non-hydrogen) atoms. The minimum atomic E-state index is -0.405. The molecular formula is C18H25NO2. The largest absolute Gasteiger partial charge is 0.389 e. The Labute approximate surface area is 127 Å². The van der Waals surface area contributed by atoms with Gasteiger partial charge in [-0.3, -0.25) is 0 Å². The van der Waals surface area contributed by atoms with E-state index in [0.29, 0.717) is 13.2 Å². The van der Waals surface area contributed by atoms with Crippen LogP contribution >= 0.6 is 0 Å². The minimum absolute atomic E-state index is 0.396. The Balaban J connectivity index is 1.85. The second kappa shape index (κ2) is 8.13. The molecule has 1 unspecified atom stereocenters. The van der Waals surface area contributed by atoms with E-state index in [9.17, 15) is 5.11 Å². The van der Waals surface area contributed by atoms with Gasteiger partial charge < -0.3 is 14.7 Å². The molecule has 1 atom stereocenters. The van der Waals surface area contributed by atoms with Gasteiger partial charge in [-0.2, -0.15) is 0 Å². The van der Waals surface area contributed by atoms with Crippen LogP contribution in [-0.2, 0) is 11.2 Å². The van der Waals surface area contributed by atoms with Gasteiger partial charge in [-0.05, 0) is 42.8 Å². The lowest BCUT2D eigenvalue weighted by molar-refractivity contribution is 0.0431. The van der Waals surface area contributed by atoms with Crippen LogP contribution in [0.3, 0.4) is 0 Å². The monoisotopic (exact) mass is 287 g/mol. The molecule has 0 aliphatic heterocycles. The zero-order valence-electron chi connectivity index (χ0n) is 13.0. The van der Waals surface area contributed by atoms with E-state index in [1.165, 1.54) is 16.3 Å². The number of rotatable bonds is 8. The SMILES string of the molecule is COCC(O)CN(C)CCCc1cccc2ccccc12. The zero-order chi connectivity index (χ0) is 15.1. The molecule has 0 bridgehead atoms. The van der Waals surface area contributed by atoms with Crippen LogP contribution in [0.1, 0.15) is 12.0 Å². The van der Waals surface area contributed by atoms with Crippen molar-refractivity contribution >= 4 is 10.8 Å². The van der Waals surface area contributed by atoms with Crippen molar-refractivity contribution in [2.45, 2.75) is 18.9 Å². The third kappa shape index (κ3) is 4.81. The summed E-state index contributed by atoms with van der Waals surface area (Å²) < 4.78 is 4.95. The fourth-order valence-electron chi connectivity index (χ4n) is 2.75. The summed E-state index contributed by atoms with van der Waals surface area (Å²) >= 11 is 0. The van der Waals surface area contributed by atoms with Crippen LogP contribution in [-0.4, -0.2) is 50.0 Å². The van der Waals surface area contributed by atoms with E-state index in [1.54, 1.807) is 7.11 Å². The number of fused-ring (bicyclic) bond motifs is 1. The first-order chi connectivity index (χ1) is 10.2. The molecule has 0 saturated heterocycles. The Morgan fingerprint density at radius 2 is 1.90 bits per heavy atom. The molecule has 0 radical (unpaired) electrons. The summed E-state index contributed by atoms with van der Waals surface area (Å²) in [7, 11) is 3.66. The van der Waals surface area contributed by atoms with Crippen LogP contribution in [0.4, 0.5) is 0 Å². The van der Waals surface area contributed by atoms with Gasteiger partial charge >= 0.3 is 0 Å². The number of hydrogen-bond donors (Lipinski definition) is 1. The smallest absolute Gasteiger partial charge is 0.0899 e. The van der Waals surface area contributed by atoms with E-state index in [0.717, 1.165) is 19.4 Å². The molecule has 0 spiro atoms. The molecule has 0 saturated carbocycles. The van der Waals surface area contributed by atoms with Gasteiger partial charge in [-0.1, -0.05) is 42.5 Å². The van der Waals surface area contributed by atoms with E-state index in [1.807, 2.05) is 7.05 Å². The van der Waals surface area contributed by atoms with Gasteiger partial charge in [0.05, 0.1) is 12.7 Å². The van der Waals surface area contributed by atoms with Gasteiger partial charge in [0, 0.05) is 13.7 Å². The topological polar surface area (TPSA) is 32.7 Å². The van der Waals surface area contributed by atoms with Crippen molar-refractivity contribution < 1.29 is 9.84 Å². The second-order valence-electron chi connectivity index (χ2n) is 5.61. The average Bonchev–Trinajstić information content (AvgIpc) is 2.47. The van der Waals surface area contributed by atoms with Crippen molar-refractivity contribution in [2.75, 3.05) is 33.9 Å². The lowest BCUT2D eigenvalue weighted by Gasteiger charge is -2.20. The molecule has 0 heterocycles. The molecular weight excluding hydrogens is 262 g/mol. The van der Waals surface area contributed by atoms with Crippen molar-refractivity contribution in [3.05, 3.63) is 48.0 Å². The molecule has 0 aliphatic carbocycles. The maximum atomic E-state index is 9.71. The van der Waals surface area contributed by atoms with Gasteiger partial charge in [-0.15, -0.1) is 0 Å².